The molecule has 1 atom stereocenters. The highest BCUT2D eigenvalue weighted by Gasteiger charge is 2.48. The predicted molar refractivity (Wildman–Crippen MR) is 71.0 cm³/mol. The lowest BCUT2D eigenvalue weighted by atomic mass is 9.68. The molecule has 2 heterocycles. The zero-order valence-electron chi connectivity index (χ0n) is 10.7. The third kappa shape index (κ3) is 2.88. The van der Waals surface area contributed by atoms with Crippen LogP contribution in [0.25, 0.3) is 0 Å². The molecule has 18 heavy (non-hydrogen) atoms. The maximum Gasteiger partial charge on any atom is 0.150 e. The molecule has 0 amide bonds. The molecule has 106 valence electrons. The normalized spacial score (nSPS) is 29.9. The molecule has 2 aliphatic heterocycles. The zero-order valence-corrected chi connectivity index (χ0v) is 12.3. The van der Waals surface area contributed by atoms with Crippen LogP contribution < -0.4 is 5.32 Å². The molecule has 1 N–H and O–H groups in total. The quantitative estimate of drug-likeness (QED) is 0.762. The van der Waals surface area contributed by atoms with Crippen molar-refractivity contribution < 1.29 is 16.8 Å². The lowest BCUT2D eigenvalue weighted by Gasteiger charge is -2.47. The molecular weight excluding hydrogens is 274 g/mol. The van der Waals surface area contributed by atoms with Crippen molar-refractivity contribution in [3.63, 3.8) is 0 Å². The summed E-state index contributed by atoms with van der Waals surface area (Å²) in [6.07, 6.45) is 1.28. The molecule has 0 saturated carbocycles. The van der Waals surface area contributed by atoms with Crippen LogP contribution >= 0.6 is 0 Å². The van der Waals surface area contributed by atoms with E-state index in [1.807, 2.05) is 0 Å². The molecule has 0 aliphatic carbocycles. The Kier molecular flexibility index (Phi) is 3.77. The van der Waals surface area contributed by atoms with E-state index in [2.05, 4.69) is 5.32 Å². The second-order valence-corrected chi connectivity index (χ2v) is 10.3. The Morgan fingerprint density at radius 3 is 2.39 bits per heavy atom. The molecule has 2 aliphatic rings. The Hall–Kier alpha value is -0.140. The second-order valence-electron chi connectivity index (χ2n) is 5.55. The van der Waals surface area contributed by atoms with Crippen LogP contribution in [0, 0.1) is 11.3 Å². The van der Waals surface area contributed by atoms with Gasteiger partial charge in [-0.1, -0.05) is 6.92 Å². The fraction of sp³-hybridized carbons (Fsp3) is 1.00. The summed E-state index contributed by atoms with van der Waals surface area (Å²) in [7, 11) is -5.86. The SMILES string of the molecule is CCS(=O)(=O)CCC1(C2CCS(=O)(=O)C2)CNC1. The molecular formula is C11H21NO4S2. The van der Waals surface area contributed by atoms with Gasteiger partial charge in [0.15, 0.2) is 9.84 Å². The van der Waals surface area contributed by atoms with E-state index in [1.165, 1.54) is 0 Å². The monoisotopic (exact) mass is 295 g/mol. The van der Waals surface area contributed by atoms with Gasteiger partial charge in [0.2, 0.25) is 0 Å². The Balaban J connectivity index is 2.04. The Labute approximate surface area is 109 Å². The van der Waals surface area contributed by atoms with Gasteiger partial charge in [-0.15, -0.1) is 0 Å². The van der Waals surface area contributed by atoms with Gasteiger partial charge in [0.25, 0.3) is 0 Å². The van der Waals surface area contributed by atoms with Crippen LogP contribution in [0.3, 0.4) is 0 Å². The number of sulfone groups is 2. The van der Waals surface area contributed by atoms with Crippen LogP contribution in [0.15, 0.2) is 0 Å². The van der Waals surface area contributed by atoms with E-state index < -0.39 is 19.7 Å². The van der Waals surface area contributed by atoms with E-state index in [-0.39, 0.29) is 34.3 Å². The van der Waals surface area contributed by atoms with Gasteiger partial charge in [0, 0.05) is 24.3 Å². The number of hydrogen-bond acceptors (Lipinski definition) is 5. The summed E-state index contributed by atoms with van der Waals surface area (Å²) in [5, 5.41) is 3.17. The molecule has 2 rings (SSSR count). The molecule has 1 unspecified atom stereocenters. The molecule has 2 fully saturated rings. The fourth-order valence-corrected chi connectivity index (χ4v) is 5.85. The summed E-state index contributed by atoms with van der Waals surface area (Å²) in [6.45, 7) is 3.17. The molecule has 7 heteroatoms. The molecule has 5 nitrogen and oxygen atoms in total. The molecule has 2 saturated heterocycles. The molecule has 0 spiro atoms. The van der Waals surface area contributed by atoms with Crippen molar-refractivity contribution in [2.75, 3.05) is 36.1 Å². The van der Waals surface area contributed by atoms with Gasteiger partial charge in [-0.3, -0.25) is 0 Å². The lowest BCUT2D eigenvalue weighted by Crippen LogP contribution is -2.58. The van der Waals surface area contributed by atoms with Crippen molar-refractivity contribution in [1.29, 1.82) is 0 Å². The van der Waals surface area contributed by atoms with E-state index in [0.717, 1.165) is 13.1 Å². The van der Waals surface area contributed by atoms with Gasteiger partial charge in [-0.25, -0.2) is 16.8 Å². The van der Waals surface area contributed by atoms with E-state index in [4.69, 9.17) is 0 Å². The zero-order chi connectivity index (χ0) is 13.4. The first-order valence-electron chi connectivity index (χ1n) is 6.40. The molecule has 0 aromatic carbocycles. The second kappa shape index (κ2) is 4.76. The summed E-state index contributed by atoms with van der Waals surface area (Å²) in [6, 6.07) is 0. The Morgan fingerprint density at radius 2 is 2.00 bits per heavy atom. The van der Waals surface area contributed by atoms with Gasteiger partial charge >= 0.3 is 0 Å². The average Bonchev–Trinajstić information content (AvgIpc) is 2.58. The fourth-order valence-electron chi connectivity index (χ4n) is 2.90. The summed E-state index contributed by atoms with van der Waals surface area (Å²) < 4.78 is 46.3. The van der Waals surface area contributed by atoms with Gasteiger partial charge in [0.1, 0.15) is 9.84 Å². The summed E-state index contributed by atoms with van der Waals surface area (Å²) in [4.78, 5) is 0. The van der Waals surface area contributed by atoms with Crippen molar-refractivity contribution in [2.45, 2.75) is 19.8 Å². The number of nitrogens with one attached hydrogen (secondary N) is 1. The van der Waals surface area contributed by atoms with Gasteiger partial charge in [0.05, 0.1) is 17.3 Å². The highest BCUT2D eigenvalue weighted by Crippen LogP contribution is 2.42. The Morgan fingerprint density at radius 1 is 1.33 bits per heavy atom. The van der Waals surface area contributed by atoms with Crippen LogP contribution in [0.5, 0.6) is 0 Å². The predicted octanol–water partition coefficient (Wildman–Crippen LogP) is -0.164. The third-order valence-electron chi connectivity index (χ3n) is 4.40. The first-order chi connectivity index (χ1) is 8.29. The minimum atomic E-state index is -2.96. The van der Waals surface area contributed by atoms with Crippen LogP contribution in [-0.4, -0.2) is 52.9 Å². The smallest absolute Gasteiger partial charge is 0.150 e. The molecule has 0 radical (unpaired) electrons. The third-order valence-corrected chi connectivity index (χ3v) is 7.88. The summed E-state index contributed by atoms with van der Waals surface area (Å²) in [5.41, 5.74) is -0.105. The van der Waals surface area contributed by atoms with E-state index in [0.29, 0.717) is 12.8 Å². The minimum absolute atomic E-state index is 0.105. The Bertz CT molecular complexity index is 505. The van der Waals surface area contributed by atoms with Gasteiger partial charge in [-0.05, 0) is 18.8 Å². The topological polar surface area (TPSA) is 80.3 Å². The summed E-state index contributed by atoms with van der Waals surface area (Å²) >= 11 is 0. The van der Waals surface area contributed by atoms with Gasteiger partial charge < -0.3 is 5.32 Å². The molecule has 0 bridgehead atoms. The highest BCUT2D eigenvalue weighted by molar-refractivity contribution is 7.91. The first kappa shape index (κ1) is 14.3. The molecule has 0 aromatic rings. The largest absolute Gasteiger partial charge is 0.316 e. The first-order valence-corrected chi connectivity index (χ1v) is 10.0. The molecule has 0 aromatic heterocycles. The van der Waals surface area contributed by atoms with Gasteiger partial charge in [-0.2, -0.15) is 0 Å². The van der Waals surface area contributed by atoms with Crippen molar-refractivity contribution in [1.82, 2.24) is 5.32 Å². The van der Waals surface area contributed by atoms with Crippen LogP contribution in [0.2, 0.25) is 0 Å². The summed E-state index contributed by atoms with van der Waals surface area (Å²) in [5.74, 6) is 0.984. The van der Waals surface area contributed by atoms with E-state index in [9.17, 15) is 16.8 Å². The van der Waals surface area contributed by atoms with Crippen LogP contribution in [0.1, 0.15) is 19.8 Å². The van der Waals surface area contributed by atoms with E-state index >= 15 is 0 Å². The number of hydrogen-bond donors (Lipinski definition) is 1. The highest BCUT2D eigenvalue weighted by atomic mass is 32.2. The van der Waals surface area contributed by atoms with Crippen molar-refractivity contribution >= 4 is 19.7 Å². The maximum atomic E-state index is 11.6. The van der Waals surface area contributed by atoms with Crippen molar-refractivity contribution in [2.24, 2.45) is 11.3 Å². The standard InChI is InChI=1S/C11H21NO4S2/c1-2-17(13,14)6-4-11(8-12-9-11)10-3-5-18(15,16)7-10/h10,12H,2-9H2,1H3. The van der Waals surface area contributed by atoms with Crippen LogP contribution in [0.4, 0.5) is 0 Å². The van der Waals surface area contributed by atoms with Crippen LogP contribution in [-0.2, 0) is 19.7 Å². The lowest BCUT2D eigenvalue weighted by molar-refractivity contribution is 0.0881. The van der Waals surface area contributed by atoms with E-state index in [1.54, 1.807) is 6.92 Å². The number of rotatable bonds is 5. The maximum absolute atomic E-state index is 11.6. The van der Waals surface area contributed by atoms with Crippen molar-refractivity contribution in [3.8, 4) is 0 Å². The van der Waals surface area contributed by atoms with Crippen molar-refractivity contribution in [3.05, 3.63) is 0 Å². The minimum Gasteiger partial charge on any atom is -0.316 e. The average molecular weight is 295 g/mol.